The van der Waals surface area contributed by atoms with Crippen molar-refractivity contribution in [3.05, 3.63) is 74.7 Å². The zero-order valence-electron chi connectivity index (χ0n) is 16.0. The number of nitrogens with zero attached hydrogens (tertiary/aromatic N) is 2. The predicted molar refractivity (Wildman–Crippen MR) is 106 cm³/mol. The van der Waals surface area contributed by atoms with Crippen molar-refractivity contribution in [3.63, 3.8) is 0 Å². The standard InChI is InChI=1S/C21H22FN3O3/c1-4-14(3)23-19(26)12-24-17-10-9-13(2)11-15(17)20(27)25(21(24)28)18-8-6-5-7-16(18)22/h5-11,14H,4,12H2,1-3H3,(H,23,26). The van der Waals surface area contributed by atoms with Crippen molar-refractivity contribution in [2.24, 2.45) is 0 Å². The van der Waals surface area contributed by atoms with Crippen LogP contribution in [-0.4, -0.2) is 21.1 Å². The van der Waals surface area contributed by atoms with Gasteiger partial charge in [-0.25, -0.2) is 13.8 Å². The van der Waals surface area contributed by atoms with Gasteiger partial charge in [-0.15, -0.1) is 0 Å². The van der Waals surface area contributed by atoms with Gasteiger partial charge < -0.3 is 5.32 Å². The number of hydrogen-bond acceptors (Lipinski definition) is 3. The first-order valence-corrected chi connectivity index (χ1v) is 9.14. The minimum absolute atomic E-state index is 0.0471. The van der Waals surface area contributed by atoms with Gasteiger partial charge in [0.1, 0.15) is 12.4 Å². The first-order valence-electron chi connectivity index (χ1n) is 9.14. The van der Waals surface area contributed by atoms with Crippen LogP contribution in [0.3, 0.4) is 0 Å². The lowest BCUT2D eigenvalue weighted by Crippen LogP contribution is -2.43. The largest absolute Gasteiger partial charge is 0.352 e. The highest BCUT2D eigenvalue weighted by Gasteiger charge is 2.19. The maximum Gasteiger partial charge on any atom is 0.336 e. The molecule has 1 atom stereocenters. The van der Waals surface area contributed by atoms with E-state index in [1.165, 1.54) is 22.8 Å². The van der Waals surface area contributed by atoms with E-state index in [9.17, 15) is 18.8 Å². The van der Waals surface area contributed by atoms with Crippen LogP contribution in [0.15, 0.2) is 52.1 Å². The van der Waals surface area contributed by atoms with Crippen LogP contribution in [0, 0.1) is 12.7 Å². The zero-order chi connectivity index (χ0) is 20.4. The molecule has 0 aliphatic heterocycles. The van der Waals surface area contributed by atoms with Crippen LogP contribution in [0.5, 0.6) is 0 Å². The number of nitrogens with one attached hydrogen (secondary N) is 1. The molecule has 3 aromatic rings. The van der Waals surface area contributed by atoms with Crippen molar-refractivity contribution >= 4 is 16.8 Å². The molecule has 7 heteroatoms. The molecule has 1 aromatic heterocycles. The lowest BCUT2D eigenvalue weighted by atomic mass is 10.1. The van der Waals surface area contributed by atoms with Crippen LogP contribution >= 0.6 is 0 Å². The fourth-order valence-corrected chi connectivity index (χ4v) is 3.05. The Hall–Kier alpha value is -3.22. The van der Waals surface area contributed by atoms with E-state index in [-0.39, 0.29) is 29.6 Å². The molecule has 1 N–H and O–H groups in total. The summed E-state index contributed by atoms with van der Waals surface area (Å²) in [6.45, 7) is 5.35. The van der Waals surface area contributed by atoms with Gasteiger partial charge in [0.25, 0.3) is 5.56 Å². The van der Waals surface area contributed by atoms with Crippen LogP contribution in [0.25, 0.3) is 16.6 Å². The summed E-state index contributed by atoms with van der Waals surface area (Å²) in [7, 11) is 0. The Morgan fingerprint density at radius 1 is 1.18 bits per heavy atom. The van der Waals surface area contributed by atoms with Gasteiger partial charge in [0.05, 0.1) is 16.6 Å². The molecule has 0 spiro atoms. The second kappa shape index (κ2) is 7.80. The number of hydrogen-bond donors (Lipinski definition) is 1. The first kappa shape index (κ1) is 19.5. The normalized spacial score (nSPS) is 12.1. The Morgan fingerprint density at radius 2 is 1.89 bits per heavy atom. The van der Waals surface area contributed by atoms with Crippen molar-refractivity contribution in [2.45, 2.75) is 39.8 Å². The minimum Gasteiger partial charge on any atom is -0.352 e. The molecule has 146 valence electrons. The highest BCUT2D eigenvalue weighted by molar-refractivity contribution is 5.82. The fraction of sp³-hybridized carbons (Fsp3) is 0.286. The molecule has 0 radical (unpaired) electrons. The van der Waals surface area contributed by atoms with Crippen LogP contribution in [0.4, 0.5) is 4.39 Å². The summed E-state index contributed by atoms with van der Waals surface area (Å²) in [6, 6.07) is 10.6. The molecule has 28 heavy (non-hydrogen) atoms. The number of halogens is 1. The number of aromatic nitrogens is 2. The molecule has 1 unspecified atom stereocenters. The van der Waals surface area contributed by atoms with E-state index in [1.54, 1.807) is 24.3 Å². The lowest BCUT2D eigenvalue weighted by molar-refractivity contribution is -0.122. The van der Waals surface area contributed by atoms with Crippen molar-refractivity contribution in [1.82, 2.24) is 14.5 Å². The van der Waals surface area contributed by atoms with Crippen LogP contribution < -0.4 is 16.6 Å². The highest BCUT2D eigenvalue weighted by Crippen LogP contribution is 2.14. The number of aryl methyl sites for hydroxylation is 1. The Bertz CT molecular complexity index is 1160. The number of rotatable bonds is 5. The smallest absolute Gasteiger partial charge is 0.336 e. The van der Waals surface area contributed by atoms with Gasteiger partial charge in [-0.1, -0.05) is 30.7 Å². The lowest BCUT2D eigenvalue weighted by Gasteiger charge is -2.16. The van der Waals surface area contributed by atoms with Crippen LogP contribution in [-0.2, 0) is 11.3 Å². The van der Waals surface area contributed by atoms with Crippen molar-refractivity contribution in [2.75, 3.05) is 0 Å². The minimum atomic E-state index is -0.759. The Kier molecular flexibility index (Phi) is 5.44. The Morgan fingerprint density at radius 3 is 2.57 bits per heavy atom. The monoisotopic (exact) mass is 383 g/mol. The Labute approximate surface area is 161 Å². The van der Waals surface area contributed by atoms with E-state index in [2.05, 4.69) is 5.32 Å². The van der Waals surface area contributed by atoms with E-state index in [4.69, 9.17) is 0 Å². The van der Waals surface area contributed by atoms with Gasteiger partial charge in [-0.2, -0.15) is 0 Å². The van der Waals surface area contributed by atoms with E-state index in [0.29, 0.717) is 5.52 Å². The molecule has 0 saturated heterocycles. The van der Waals surface area contributed by atoms with Gasteiger partial charge in [-0.05, 0) is 44.5 Å². The summed E-state index contributed by atoms with van der Waals surface area (Å²) in [4.78, 5) is 38.5. The van der Waals surface area contributed by atoms with E-state index >= 15 is 0 Å². The third-order valence-electron chi connectivity index (χ3n) is 4.71. The third-order valence-corrected chi connectivity index (χ3v) is 4.71. The average molecular weight is 383 g/mol. The van der Waals surface area contributed by atoms with Gasteiger partial charge in [0, 0.05) is 6.04 Å². The molecular formula is C21H22FN3O3. The molecule has 2 aromatic carbocycles. The molecule has 0 aliphatic carbocycles. The molecule has 0 bridgehead atoms. The molecule has 6 nitrogen and oxygen atoms in total. The summed E-state index contributed by atoms with van der Waals surface area (Å²) in [5.74, 6) is -1.04. The summed E-state index contributed by atoms with van der Waals surface area (Å²) in [6.07, 6.45) is 0.745. The van der Waals surface area contributed by atoms with Crippen molar-refractivity contribution < 1.29 is 9.18 Å². The highest BCUT2D eigenvalue weighted by atomic mass is 19.1. The maximum absolute atomic E-state index is 14.3. The second-order valence-corrected chi connectivity index (χ2v) is 6.86. The maximum atomic E-state index is 14.3. The predicted octanol–water partition coefficient (Wildman–Crippen LogP) is 2.51. The number of benzene rings is 2. The third kappa shape index (κ3) is 3.60. The topological polar surface area (TPSA) is 73.1 Å². The second-order valence-electron chi connectivity index (χ2n) is 6.86. The van der Waals surface area contributed by atoms with E-state index in [1.807, 2.05) is 20.8 Å². The summed E-state index contributed by atoms with van der Waals surface area (Å²) < 4.78 is 16.3. The number of para-hydroxylation sites is 1. The number of carbonyl (C=O) groups is 1. The van der Waals surface area contributed by atoms with Gasteiger partial charge >= 0.3 is 5.69 Å². The van der Waals surface area contributed by atoms with Crippen molar-refractivity contribution in [1.29, 1.82) is 0 Å². The quantitative estimate of drug-likeness (QED) is 0.736. The van der Waals surface area contributed by atoms with Crippen LogP contribution in [0.2, 0.25) is 0 Å². The fourth-order valence-electron chi connectivity index (χ4n) is 3.05. The summed E-state index contributed by atoms with van der Waals surface area (Å²) in [5.41, 5.74) is -0.360. The SMILES string of the molecule is CCC(C)NC(=O)Cn1c(=O)n(-c2ccccc2F)c(=O)c2cc(C)ccc21. The molecule has 1 heterocycles. The molecule has 0 aliphatic rings. The number of amides is 1. The van der Waals surface area contributed by atoms with Gasteiger partial charge in [0.2, 0.25) is 5.91 Å². The first-order chi connectivity index (χ1) is 13.3. The van der Waals surface area contributed by atoms with E-state index in [0.717, 1.165) is 16.6 Å². The molecular weight excluding hydrogens is 361 g/mol. The summed E-state index contributed by atoms with van der Waals surface area (Å²) in [5, 5.41) is 3.06. The van der Waals surface area contributed by atoms with Gasteiger partial charge in [-0.3, -0.25) is 14.2 Å². The molecule has 1 amide bonds. The number of carbonyl (C=O) groups excluding carboxylic acids is 1. The van der Waals surface area contributed by atoms with Crippen LogP contribution in [0.1, 0.15) is 25.8 Å². The Balaban J connectivity index is 2.28. The molecule has 0 saturated carbocycles. The average Bonchev–Trinajstić information content (AvgIpc) is 2.66. The van der Waals surface area contributed by atoms with E-state index < -0.39 is 17.1 Å². The summed E-state index contributed by atoms with van der Waals surface area (Å²) >= 11 is 0. The molecule has 0 fully saturated rings. The van der Waals surface area contributed by atoms with Crippen molar-refractivity contribution in [3.8, 4) is 5.69 Å². The molecule has 3 rings (SSSR count). The number of fused-ring (bicyclic) bond motifs is 1. The zero-order valence-corrected chi connectivity index (χ0v) is 16.0. The van der Waals surface area contributed by atoms with Gasteiger partial charge in [0.15, 0.2) is 0 Å².